The van der Waals surface area contributed by atoms with Crippen molar-refractivity contribution in [2.24, 2.45) is 0 Å². The second-order valence-corrected chi connectivity index (χ2v) is 6.40. The Kier molecular flexibility index (Phi) is 6.10. The molecule has 0 radical (unpaired) electrons. The lowest BCUT2D eigenvalue weighted by Crippen LogP contribution is -2.30. The fraction of sp³-hybridized carbons (Fsp3) is 0.176. The molecule has 0 aliphatic carbocycles. The summed E-state index contributed by atoms with van der Waals surface area (Å²) in [6.45, 7) is 3.30. The first-order chi connectivity index (χ1) is 11.3. The van der Waals surface area contributed by atoms with Gasteiger partial charge in [-0.25, -0.2) is 4.79 Å². The molecule has 0 saturated heterocycles. The third-order valence-corrected chi connectivity index (χ3v) is 4.04. The van der Waals surface area contributed by atoms with Crippen LogP contribution in [0.1, 0.15) is 22.8 Å². The Labute approximate surface area is 154 Å². The first-order valence-electron chi connectivity index (χ1n) is 7.01. The number of hydrogen-bond acceptors (Lipinski definition) is 3. The normalized spacial score (nSPS) is 11.7. The van der Waals surface area contributed by atoms with Crippen LogP contribution in [0, 0.1) is 6.92 Å². The smallest absolute Gasteiger partial charge is 0.340 e. The number of aryl methyl sites for hydroxylation is 1. The Balaban J connectivity index is 2.05. The first-order valence-corrected chi connectivity index (χ1v) is 8.14. The van der Waals surface area contributed by atoms with E-state index in [-0.39, 0.29) is 10.6 Å². The van der Waals surface area contributed by atoms with E-state index in [1.165, 1.54) is 25.1 Å². The fourth-order valence-electron chi connectivity index (χ4n) is 1.90. The van der Waals surface area contributed by atoms with Crippen LogP contribution in [-0.4, -0.2) is 18.0 Å². The summed E-state index contributed by atoms with van der Waals surface area (Å²) in [5, 5.41) is 3.73. The van der Waals surface area contributed by atoms with Gasteiger partial charge in [-0.15, -0.1) is 0 Å². The number of amides is 1. The van der Waals surface area contributed by atoms with Gasteiger partial charge in [-0.2, -0.15) is 0 Å². The van der Waals surface area contributed by atoms with Crippen LogP contribution in [0.2, 0.25) is 15.1 Å². The lowest BCUT2D eigenvalue weighted by molar-refractivity contribution is -0.123. The van der Waals surface area contributed by atoms with Crippen molar-refractivity contribution in [2.45, 2.75) is 20.0 Å². The minimum atomic E-state index is -1.01. The maximum absolute atomic E-state index is 12.2. The highest BCUT2D eigenvalue weighted by Gasteiger charge is 2.21. The summed E-state index contributed by atoms with van der Waals surface area (Å²) in [7, 11) is 0. The molecule has 1 N–H and O–H groups in total. The van der Waals surface area contributed by atoms with E-state index in [1.54, 1.807) is 18.2 Å². The summed E-state index contributed by atoms with van der Waals surface area (Å²) >= 11 is 17.7. The number of nitrogens with one attached hydrogen (secondary N) is 1. The minimum Gasteiger partial charge on any atom is -0.449 e. The van der Waals surface area contributed by atoms with Crippen molar-refractivity contribution in [1.82, 2.24) is 0 Å². The Hall–Kier alpha value is -1.75. The van der Waals surface area contributed by atoms with Gasteiger partial charge < -0.3 is 10.1 Å². The number of halogens is 3. The van der Waals surface area contributed by atoms with Gasteiger partial charge in [0, 0.05) is 15.7 Å². The Bertz CT molecular complexity index is 793. The number of benzene rings is 2. The molecule has 0 aromatic heterocycles. The highest BCUT2D eigenvalue weighted by molar-refractivity contribution is 6.36. The van der Waals surface area contributed by atoms with Crippen molar-refractivity contribution in [1.29, 1.82) is 0 Å². The lowest BCUT2D eigenvalue weighted by atomic mass is 10.2. The second kappa shape index (κ2) is 7.88. The highest BCUT2D eigenvalue weighted by atomic mass is 35.5. The van der Waals surface area contributed by atoms with Crippen LogP contribution in [0.3, 0.4) is 0 Å². The predicted molar refractivity (Wildman–Crippen MR) is 96.2 cm³/mol. The molecule has 1 atom stereocenters. The van der Waals surface area contributed by atoms with E-state index >= 15 is 0 Å². The molecule has 7 heteroatoms. The number of carbonyl (C=O) groups excluding carboxylic acids is 2. The van der Waals surface area contributed by atoms with Crippen LogP contribution in [0.4, 0.5) is 5.69 Å². The van der Waals surface area contributed by atoms with Crippen LogP contribution in [0.25, 0.3) is 0 Å². The second-order valence-electron chi connectivity index (χ2n) is 5.12. The average molecular weight is 387 g/mol. The topological polar surface area (TPSA) is 55.4 Å². The molecular weight excluding hydrogens is 373 g/mol. The summed E-state index contributed by atoms with van der Waals surface area (Å²) in [4.78, 5) is 24.3. The standard InChI is InChI=1S/C17H14Cl3NO3/c1-9-3-4-12(19)8-15(9)21-16(22)10(2)24-17(23)13-6-5-11(18)7-14(13)20/h3-8,10H,1-2H3,(H,21,22)/t10-/m0/s1. The number of carbonyl (C=O) groups is 2. The van der Waals surface area contributed by atoms with Crippen LogP contribution < -0.4 is 5.32 Å². The number of esters is 1. The molecule has 4 nitrogen and oxygen atoms in total. The summed E-state index contributed by atoms with van der Waals surface area (Å²) in [6, 6.07) is 9.52. The maximum Gasteiger partial charge on any atom is 0.340 e. The van der Waals surface area contributed by atoms with Gasteiger partial charge in [0.2, 0.25) is 0 Å². The summed E-state index contributed by atoms with van der Waals surface area (Å²) < 4.78 is 5.15. The molecule has 0 heterocycles. The van der Waals surface area contributed by atoms with Crippen molar-refractivity contribution >= 4 is 52.4 Å². The average Bonchev–Trinajstić information content (AvgIpc) is 2.50. The van der Waals surface area contributed by atoms with Crippen molar-refractivity contribution in [3.05, 3.63) is 62.6 Å². The molecule has 0 spiro atoms. The van der Waals surface area contributed by atoms with E-state index < -0.39 is 18.0 Å². The number of rotatable bonds is 4. The zero-order valence-electron chi connectivity index (χ0n) is 12.9. The monoisotopic (exact) mass is 385 g/mol. The van der Waals surface area contributed by atoms with Crippen molar-refractivity contribution in [3.8, 4) is 0 Å². The SMILES string of the molecule is Cc1ccc(Cl)cc1NC(=O)[C@H](C)OC(=O)c1ccc(Cl)cc1Cl. The van der Waals surface area contributed by atoms with Gasteiger partial charge in [-0.1, -0.05) is 40.9 Å². The summed E-state index contributed by atoms with van der Waals surface area (Å²) in [5.41, 5.74) is 1.53. The molecular formula is C17H14Cl3NO3. The van der Waals surface area contributed by atoms with Gasteiger partial charge in [0.15, 0.2) is 6.10 Å². The highest BCUT2D eigenvalue weighted by Crippen LogP contribution is 2.23. The molecule has 0 aliphatic rings. The molecule has 0 unspecified atom stereocenters. The molecule has 2 aromatic rings. The summed E-state index contributed by atoms with van der Waals surface area (Å²) in [5.74, 6) is -1.18. The van der Waals surface area contributed by atoms with Gasteiger partial charge in [0.1, 0.15) is 0 Å². The predicted octanol–water partition coefficient (Wildman–Crippen LogP) is 5.14. The molecule has 2 rings (SSSR count). The molecule has 126 valence electrons. The van der Waals surface area contributed by atoms with Gasteiger partial charge in [0.05, 0.1) is 10.6 Å². The van der Waals surface area contributed by atoms with Crippen molar-refractivity contribution < 1.29 is 14.3 Å². The van der Waals surface area contributed by atoms with Gasteiger partial charge in [-0.05, 0) is 49.7 Å². The van der Waals surface area contributed by atoms with Crippen LogP contribution >= 0.6 is 34.8 Å². The minimum absolute atomic E-state index is 0.139. The van der Waals surface area contributed by atoms with Crippen molar-refractivity contribution in [3.63, 3.8) is 0 Å². The number of hydrogen-bond donors (Lipinski definition) is 1. The van der Waals surface area contributed by atoms with E-state index in [1.807, 2.05) is 6.92 Å². The van der Waals surface area contributed by atoms with Crippen LogP contribution in [0.15, 0.2) is 36.4 Å². The molecule has 0 saturated carbocycles. The molecule has 1 amide bonds. The number of anilines is 1. The quantitative estimate of drug-likeness (QED) is 0.740. The maximum atomic E-state index is 12.2. The Morgan fingerprint density at radius 3 is 2.33 bits per heavy atom. The van der Waals surface area contributed by atoms with E-state index in [0.29, 0.717) is 15.7 Å². The molecule has 24 heavy (non-hydrogen) atoms. The van der Waals surface area contributed by atoms with Crippen LogP contribution in [0.5, 0.6) is 0 Å². The van der Waals surface area contributed by atoms with Crippen LogP contribution in [-0.2, 0) is 9.53 Å². The molecule has 0 bridgehead atoms. The first kappa shape index (κ1) is 18.6. The summed E-state index contributed by atoms with van der Waals surface area (Å²) in [6.07, 6.45) is -1.01. The molecule has 0 fully saturated rings. The Morgan fingerprint density at radius 2 is 1.67 bits per heavy atom. The van der Waals surface area contributed by atoms with E-state index in [0.717, 1.165) is 5.56 Å². The number of ether oxygens (including phenoxy) is 1. The Morgan fingerprint density at radius 1 is 1.04 bits per heavy atom. The van der Waals surface area contributed by atoms with Gasteiger partial charge >= 0.3 is 5.97 Å². The van der Waals surface area contributed by atoms with E-state index in [9.17, 15) is 9.59 Å². The zero-order valence-corrected chi connectivity index (χ0v) is 15.2. The van der Waals surface area contributed by atoms with Crippen molar-refractivity contribution in [2.75, 3.05) is 5.32 Å². The van der Waals surface area contributed by atoms with E-state index in [4.69, 9.17) is 39.5 Å². The van der Waals surface area contributed by atoms with Gasteiger partial charge in [-0.3, -0.25) is 4.79 Å². The molecule has 0 aliphatic heterocycles. The zero-order chi connectivity index (χ0) is 17.9. The third-order valence-electron chi connectivity index (χ3n) is 3.26. The fourth-order valence-corrected chi connectivity index (χ4v) is 2.55. The largest absolute Gasteiger partial charge is 0.449 e. The van der Waals surface area contributed by atoms with E-state index in [2.05, 4.69) is 5.32 Å². The van der Waals surface area contributed by atoms with Gasteiger partial charge in [0.25, 0.3) is 5.91 Å². The molecule has 2 aromatic carbocycles. The third kappa shape index (κ3) is 4.63. The lowest BCUT2D eigenvalue weighted by Gasteiger charge is -2.15.